The largest absolute Gasteiger partial charge is 0.460 e. The molecule has 1 aliphatic heterocycles. The van der Waals surface area contributed by atoms with E-state index < -0.39 is 17.1 Å². The van der Waals surface area contributed by atoms with Gasteiger partial charge >= 0.3 is 17.2 Å². The van der Waals surface area contributed by atoms with Gasteiger partial charge < -0.3 is 20.7 Å². The fourth-order valence-electron chi connectivity index (χ4n) is 4.59. The molecule has 2 unspecified atom stereocenters. The van der Waals surface area contributed by atoms with E-state index in [-0.39, 0.29) is 28.6 Å². The third-order valence-electron chi connectivity index (χ3n) is 6.22. The number of aliphatic hydroxyl groups excluding tert-OH is 1. The summed E-state index contributed by atoms with van der Waals surface area (Å²) < 4.78 is 6.09. The van der Waals surface area contributed by atoms with Crippen LogP contribution in [0.3, 0.4) is 0 Å². The van der Waals surface area contributed by atoms with Gasteiger partial charge in [-0.2, -0.15) is 4.99 Å². The fraction of sp³-hybridized carbons (Fsp3) is 0.200. The van der Waals surface area contributed by atoms with E-state index in [0.717, 1.165) is 5.56 Å². The van der Waals surface area contributed by atoms with Gasteiger partial charge in [-0.05, 0) is 41.8 Å². The Morgan fingerprint density at radius 1 is 1.03 bits per heavy atom. The minimum absolute atomic E-state index is 0.192. The molecule has 0 radical (unpaired) electrons. The van der Waals surface area contributed by atoms with Gasteiger partial charge in [0.25, 0.3) is 0 Å². The number of nitrogens with two attached hydrogens (primary N) is 1. The Labute approximate surface area is 179 Å². The van der Waals surface area contributed by atoms with Crippen LogP contribution in [0.1, 0.15) is 52.4 Å². The lowest BCUT2D eigenvalue weighted by Crippen LogP contribution is -2.91. The molecule has 0 amide bonds. The van der Waals surface area contributed by atoms with Crippen molar-refractivity contribution in [3.05, 3.63) is 94.5 Å². The van der Waals surface area contributed by atoms with Crippen molar-refractivity contribution < 1.29 is 24.7 Å². The van der Waals surface area contributed by atoms with Gasteiger partial charge in [-0.15, -0.1) is 0 Å². The van der Waals surface area contributed by atoms with E-state index >= 15 is 0 Å². The molecule has 1 aliphatic carbocycles. The summed E-state index contributed by atoms with van der Waals surface area (Å²) in [7, 11) is 0. The van der Waals surface area contributed by atoms with Crippen molar-refractivity contribution in [3.8, 4) is 5.75 Å². The molecule has 0 saturated carbocycles. The van der Waals surface area contributed by atoms with Crippen LogP contribution in [0.25, 0.3) is 0 Å². The van der Waals surface area contributed by atoms with E-state index in [1.54, 1.807) is 48.5 Å². The van der Waals surface area contributed by atoms with Crippen molar-refractivity contribution in [2.24, 2.45) is 0 Å². The number of Topliss-reactive ketones (excluding diaryl/α,β-unsaturated/α-hetero) is 1. The molecular formula is C25H23N2O4+. The predicted molar refractivity (Wildman–Crippen MR) is 116 cm³/mol. The molecule has 2 atom stereocenters. The Morgan fingerprint density at radius 2 is 1.77 bits per heavy atom. The second-order valence-electron chi connectivity index (χ2n) is 8.34. The number of nitrogens with one attached hydrogen (secondary N) is 1. The summed E-state index contributed by atoms with van der Waals surface area (Å²) in [5.41, 5.74) is 6.98. The highest BCUT2D eigenvalue weighted by Gasteiger charge is 2.76. The number of fused-ring (bicyclic) bond motifs is 5. The van der Waals surface area contributed by atoms with Gasteiger partial charge in [0.2, 0.25) is 5.78 Å². The van der Waals surface area contributed by atoms with Crippen molar-refractivity contribution in [2.75, 3.05) is 5.73 Å². The molecule has 31 heavy (non-hydrogen) atoms. The molecule has 0 fully saturated rings. The second kappa shape index (κ2) is 6.43. The molecule has 5 rings (SSSR count). The standard InChI is InChI=1S/C25H22N2O4/c1-14(2)16-11-12-17-20(13-16)31-25(30)18-9-6-10-19(26)21(18)22(28)24(17,25)27-23(29)15-7-4-3-5-8-15/h3-14,30H,26H2,1-2H3,(H,27,29)/p+1. The van der Waals surface area contributed by atoms with Gasteiger partial charge in [0.05, 0.1) is 16.7 Å². The van der Waals surface area contributed by atoms with Gasteiger partial charge in [-0.1, -0.05) is 50.2 Å². The molecule has 156 valence electrons. The number of hydrogen-bond donors (Lipinski definition) is 4. The Hall–Kier alpha value is -3.64. The number of benzene rings is 3. The van der Waals surface area contributed by atoms with Crippen LogP contribution in [0.5, 0.6) is 5.75 Å². The summed E-state index contributed by atoms with van der Waals surface area (Å²) in [4.78, 5) is 16.8. The summed E-state index contributed by atoms with van der Waals surface area (Å²) in [5, 5.41) is 22.8. The molecule has 5 N–H and O–H groups in total. The number of hydrogen-bond acceptors (Lipinski definition) is 4. The van der Waals surface area contributed by atoms with Crippen molar-refractivity contribution in [1.29, 1.82) is 0 Å². The van der Waals surface area contributed by atoms with E-state index in [4.69, 9.17) is 10.5 Å². The van der Waals surface area contributed by atoms with Crippen molar-refractivity contribution in [2.45, 2.75) is 31.1 Å². The summed E-state index contributed by atoms with van der Waals surface area (Å²) in [6.45, 7) is 4.10. The van der Waals surface area contributed by atoms with E-state index in [0.29, 0.717) is 16.9 Å². The molecule has 6 nitrogen and oxygen atoms in total. The third-order valence-corrected chi connectivity index (χ3v) is 6.22. The van der Waals surface area contributed by atoms with E-state index in [1.807, 2.05) is 18.2 Å². The van der Waals surface area contributed by atoms with Crippen LogP contribution in [0.2, 0.25) is 0 Å². The Kier molecular flexibility index (Phi) is 4.01. The maximum absolute atomic E-state index is 13.9. The van der Waals surface area contributed by atoms with E-state index in [2.05, 4.69) is 18.8 Å². The number of ether oxygens (including phenoxy) is 1. The quantitative estimate of drug-likeness (QED) is 0.298. The number of carbonyl (C=O) groups excluding carboxylic acids is 1. The normalized spacial score (nSPS) is 24.0. The number of anilines is 1. The number of aliphatic hydroxyl groups is 2. The van der Waals surface area contributed by atoms with Crippen LogP contribution in [0.4, 0.5) is 5.69 Å². The van der Waals surface area contributed by atoms with Gasteiger partial charge in [-0.25, -0.2) is 0 Å². The van der Waals surface area contributed by atoms with Crippen LogP contribution in [-0.2, 0) is 11.3 Å². The molecule has 0 spiro atoms. The SMILES string of the molecule is CC(C)c1ccc2c(c1)OC1(O)c3cccc(N)c3C(=O)C21[NH+]=C(O)c1ccccc1. The van der Waals surface area contributed by atoms with Crippen molar-refractivity contribution >= 4 is 17.4 Å². The van der Waals surface area contributed by atoms with Crippen LogP contribution in [0, 0.1) is 0 Å². The Bertz CT molecular complexity index is 1250. The summed E-state index contributed by atoms with van der Waals surface area (Å²) in [5.74, 6) is -2.15. The topological polar surface area (TPSA) is 107 Å². The first kappa shape index (κ1) is 19.3. The van der Waals surface area contributed by atoms with Crippen molar-refractivity contribution in [3.63, 3.8) is 0 Å². The zero-order valence-electron chi connectivity index (χ0n) is 17.2. The summed E-state index contributed by atoms with van der Waals surface area (Å²) >= 11 is 0. The molecule has 0 aromatic heterocycles. The average Bonchev–Trinajstić information content (AvgIpc) is 3.12. The maximum Gasteiger partial charge on any atom is 0.367 e. The summed E-state index contributed by atoms with van der Waals surface area (Å²) in [6.07, 6.45) is 0. The van der Waals surface area contributed by atoms with Crippen LogP contribution in [0.15, 0.2) is 66.7 Å². The first-order chi connectivity index (χ1) is 14.8. The highest BCUT2D eigenvalue weighted by molar-refractivity contribution is 6.13. The lowest BCUT2D eigenvalue weighted by atomic mass is 9.82. The number of rotatable bonds is 3. The highest BCUT2D eigenvalue weighted by atomic mass is 16.6. The minimum atomic E-state index is -2.07. The van der Waals surface area contributed by atoms with Crippen LogP contribution >= 0.6 is 0 Å². The number of ketones is 1. The van der Waals surface area contributed by atoms with Crippen LogP contribution < -0.4 is 15.5 Å². The van der Waals surface area contributed by atoms with E-state index in [1.165, 1.54) is 0 Å². The van der Waals surface area contributed by atoms with Crippen LogP contribution in [-0.4, -0.2) is 21.9 Å². The third kappa shape index (κ3) is 2.42. The smallest absolute Gasteiger partial charge is 0.367 e. The van der Waals surface area contributed by atoms with Gasteiger partial charge in [0.1, 0.15) is 5.75 Å². The predicted octanol–water partition coefficient (Wildman–Crippen LogP) is 2.11. The second-order valence-corrected chi connectivity index (χ2v) is 8.34. The number of carbonyl (C=O) groups is 1. The zero-order valence-corrected chi connectivity index (χ0v) is 17.2. The van der Waals surface area contributed by atoms with E-state index in [9.17, 15) is 15.0 Å². The number of nitrogen functional groups attached to an aromatic ring is 1. The molecule has 0 saturated heterocycles. The molecule has 1 heterocycles. The first-order valence-corrected chi connectivity index (χ1v) is 10.2. The lowest BCUT2D eigenvalue weighted by molar-refractivity contribution is -0.587. The maximum atomic E-state index is 13.9. The zero-order chi connectivity index (χ0) is 22.0. The molecule has 0 bridgehead atoms. The highest BCUT2D eigenvalue weighted by Crippen LogP contribution is 2.57. The Morgan fingerprint density at radius 3 is 2.48 bits per heavy atom. The molecule has 2 aliphatic rings. The van der Waals surface area contributed by atoms with Gasteiger partial charge in [0.15, 0.2) is 0 Å². The average molecular weight is 415 g/mol. The molecular weight excluding hydrogens is 392 g/mol. The first-order valence-electron chi connectivity index (χ1n) is 10.2. The Balaban J connectivity index is 1.82. The summed E-state index contributed by atoms with van der Waals surface area (Å²) in [6, 6.07) is 19.2. The van der Waals surface area contributed by atoms with Gasteiger partial charge in [-0.3, -0.25) is 4.79 Å². The van der Waals surface area contributed by atoms with Gasteiger partial charge in [0, 0.05) is 11.3 Å². The molecule has 3 aromatic carbocycles. The fourth-order valence-corrected chi connectivity index (χ4v) is 4.59. The monoisotopic (exact) mass is 415 g/mol. The lowest BCUT2D eigenvalue weighted by Gasteiger charge is -2.25. The molecule has 6 heteroatoms. The molecule has 3 aromatic rings. The van der Waals surface area contributed by atoms with Crippen molar-refractivity contribution in [1.82, 2.24) is 0 Å². The minimum Gasteiger partial charge on any atom is -0.460 e.